The standard InChI is InChI=1S/2C64H38N8/c1-3-21-49-39(11-1)13-7-23-53(49)61-70-62(54-24-8-14-40-12-2-4-22-50(40)54)72-64(71-61)56-32-28-42-25-29-51-55(31-27-41-26-30-52(56)58(42)57(41)51)63-68-59(45-17-5-15-43(35-45)47-19-9-33-65-37-47)67-60(69-63)46-18-6-16-44(36-46)48-20-10-34-66-38-48;1-3-17-49-41(9-1)11-7-19-53(49)61-70-62(54-20-8-12-42-10-2-4-18-50(42)54)72-64(71-61)56-28-24-44-21-25-51-55(27-23-43-22-26-52(56)58(44)57(43)51)63-68-59(47-15-5-13-45(37-47)39-29-33-65-34-30-39)67-60(69-63)48-16-6-14-46(38-48)40-31-35-66-36-32-40/h2*1-38H. The number of pyridine rings is 4. The molecule has 144 heavy (non-hydrogen) atoms. The van der Waals surface area contributed by atoms with Crippen molar-refractivity contribution in [1.82, 2.24) is 79.7 Å². The van der Waals surface area contributed by atoms with Crippen LogP contribution in [0.25, 0.3) is 289 Å². The predicted octanol–water partition coefficient (Wildman–Crippen LogP) is 30.8. The third kappa shape index (κ3) is 15.1. The second-order valence-electron chi connectivity index (χ2n) is 35.9. The average molecular weight is 1840 g/mol. The first-order valence-electron chi connectivity index (χ1n) is 47.8. The highest BCUT2D eigenvalue weighted by Crippen LogP contribution is 2.48. The van der Waals surface area contributed by atoms with Crippen LogP contribution < -0.4 is 0 Å². The van der Waals surface area contributed by atoms with Gasteiger partial charge in [-0.2, -0.15) is 0 Å². The van der Waals surface area contributed by atoms with Crippen molar-refractivity contribution in [2.24, 2.45) is 0 Å². The average Bonchev–Trinajstić information content (AvgIpc) is 0.722. The van der Waals surface area contributed by atoms with Crippen LogP contribution in [0.2, 0.25) is 0 Å². The maximum Gasteiger partial charge on any atom is 0.164 e. The van der Waals surface area contributed by atoms with E-state index in [2.05, 4.69) is 384 Å². The molecule has 8 aromatic heterocycles. The van der Waals surface area contributed by atoms with Gasteiger partial charge in [0.15, 0.2) is 69.9 Å². The largest absolute Gasteiger partial charge is 0.265 e. The normalized spacial score (nSPS) is 11.6. The highest BCUT2D eigenvalue weighted by atomic mass is 15.1. The van der Waals surface area contributed by atoms with Crippen LogP contribution in [0.3, 0.4) is 0 Å². The Labute approximate surface area is 825 Å². The zero-order chi connectivity index (χ0) is 95.1. The molecule has 668 valence electrons. The van der Waals surface area contributed by atoms with Crippen LogP contribution in [0.1, 0.15) is 0 Å². The first kappa shape index (κ1) is 83.5. The van der Waals surface area contributed by atoms with Crippen molar-refractivity contribution in [2.45, 2.75) is 0 Å². The Hall–Kier alpha value is -19.8. The van der Waals surface area contributed by atoms with E-state index in [4.69, 9.17) is 59.8 Å². The first-order chi connectivity index (χ1) is 71.3. The Morgan fingerprint density at radius 1 is 0.111 bits per heavy atom. The number of fused-ring (bicyclic) bond motifs is 4. The first-order valence-corrected chi connectivity index (χ1v) is 47.8. The Morgan fingerprint density at radius 2 is 0.319 bits per heavy atom. The Kier molecular flexibility index (Phi) is 20.5. The summed E-state index contributed by atoms with van der Waals surface area (Å²) >= 11 is 0. The molecular weight excluding hydrogens is 1760 g/mol. The number of rotatable bonds is 16. The summed E-state index contributed by atoms with van der Waals surface area (Å²) in [7, 11) is 0. The van der Waals surface area contributed by atoms with Gasteiger partial charge >= 0.3 is 0 Å². The van der Waals surface area contributed by atoms with Crippen molar-refractivity contribution in [2.75, 3.05) is 0 Å². The van der Waals surface area contributed by atoms with E-state index in [9.17, 15) is 0 Å². The van der Waals surface area contributed by atoms with Gasteiger partial charge in [-0.25, -0.2) is 59.8 Å². The second-order valence-corrected chi connectivity index (χ2v) is 35.9. The molecule has 0 fully saturated rings. The molecule has 28 rings (SSSR count). The van der Waals surface area contributed by atoms with Crippen LogP contribution in [0.4, 0.5) is 0 Å². The van der Waals surface area contributed by atoms with E-state index in [1.165, 1.54) is 0 Å². The van der Waals surface area contributed by atoms with E-state index in [1.807, 2.05) is 85.7 Å². The molecule has 8 heterocycles. The SMILES string of the molecule is c1cc(-c2ccncc2)cc(-c2nc(-c3cccc(-c4ccncc4)c3)nc(-c3ccc4ccc5c(-c6nc(-c7cccc8ccccc78)nc(-c7cccc8ccccc78)n6)ccc6ccc3c4c65)n2)c1.c1cncc(-c2cccc(-c3nc(-c4cccc(-c5cccnc5)c4)nc(-c4ccc5ccc6c(-c7nc(-c8cccc9ccccc89)nc(-c8cccc9ccccc89)n7)ccc7ccc4c5c76)n3)c2)c1. The molecule has 0 amide bonds. The topological polar surface area (TPSA) is 206 Å². The van der Waals surface area contributed by atoms with Gasteiger partial charge in [0.25, 0.3) is 0 Å². The number of nitrogens with zero attached hydrogens (tertiary/aromatic N) is 16. The molecule has 16 nitrogen and oxygen atoms in total. The molecule has 0 radical (unpaired) electrons. The van der Waals surface area contributed by atoms with Gasteiger partial charge < -0.3 is 0 Å². The minimum Gasteiger partial charge on any atom is -0.265 e. The van der Waals surface area contributed by atoms with Gasteiger partial charge in [0.1, 0.15) is 0 Å². The summed E-state index contributed by atoms with van der Waals surface area (Å²) in [4.78, 5) is 80.8. The maximum atomic E-state index is 5.35. The van der Waals surface area contributed by atoms with Gasteiger partial charge in [-0.3, -0.25) is 19.9 Å². The number of aromatic nitrogens is 16. The van der Waals surface area contributed by atoms with E-state index in [0.29, 0.717) is 69.9 Å². The van der Waals surface area contributed by atoms with E-state index < -0.39 is 0 Å². The highest BCUT2D eigenvalue weighted by molar-refractivity contribution is 6.29. The predicted molar refractivity (Wildman–Crippen MR) is 582 cm³/mol. The monoisotopic (exact) mass is 1840 g/mol. The Morgan fingerprint density at radius 3 is 0.583 bits per heavy atom. The molecule has 0 aliphatic heterocycles. The third-order valence-electron chi connectivity index (χ3n) is 27.5. The fourth-order valence-corrected chi connectivity index (χ4v) is 20.6. The minimum absolute atomic E-state index is 0.569. The van der Waals surface area contributed by atoms with Crippen molar-refractivity contribution in [3.05, 3.63) is 462 Å². The summed E-state index contributed by atoms with van der Waals surface area (Å²) in [5.41, 5.74) is 19.2. The van der Waals surface area contributed by atoms with Crippen molar-refractivity contribution < 1.29 is 0 Å². The lowest BCUT2D eigenvalue weighted by Crippen LogP contribution is -2.02. The fraction of sp³-hybridized carbons (Fsp3) is 0. The highest BCUT2D eigenvalue weighted by Gasteiger charge is 2.27. The molecule has 0 unspecified atom stereocenters. The molecule has 0 N–H and O–H groups in total. The molecule has 0 aliphatic carbocycles. The van der Waals surface area contributed by atoms with Crippen molar-refractivity contribution in [1.29, 1.82) is 0 Å². The fourth-order valence-electron chi connectivity index (χ4n) is 20.6. The van der Waals surface area contributed by atoms with Gasteiger partial charge in [-0.05, 0) is 226 Å². The molecule has 16 heteroatoms. The molecular formula is C128H76N16. The molecule has 20 aromatic carbocycles. The van der Waals surface area contributed by atoms with E-state index >= 15 is 0 Å². The van der Waals surface area contributed by atoms with E-state index in [0.717, 1.165) is 219 Å². The molecule has 0 saturated carbocycles. The molecule has 0 aliphatic rings. The van der Waals surface area contributed by atoms with E-state index in [1.54, 1.807) is 12.4 Å². The van der Waals surface area contributed by atoms with Crippen LogP contribution in [-0.4, -0.2) is 79.7 Å². The van der Waals surface area contributed by atoms with Crippen LogP contribution in [0, 0.1) is 0 Å². The molecule has 0 saturated heterocycles. The smallest absolute Gasteiger partial charge is 0.164 e. The van der Waals surface area contributed by atoms with Crippen molar-refractivity contribution in [3.63, 3.8) is 0 Å². The summed E-state index contributed by atoms with van der Waals surface area (Å²) in [5, 5.41) is 21.8. The van der Waals surface area contributed by atoms with Gasteiger partial charge in [0.05, 0.1) is 0 Å². The summed E-state index contributed by atoms with van der Waals surface area (Å²) in [6.07, 6.45) is 14.6. The Bertz CT molecular complexity index is 8960. The lowest BCUT2D eigenvalue weighted by atomic mass is 9.89. The Balaban J connectivity index is 0.000000143. The van der Waals surface area contributed by atoms with Crippen LogP contribution in [0.5, 0.6) is 0 Å². The molecule has 28 aromatic rings. The molecule has 0 spiro atoms. The lowest BCUT2D eigenvalue weighted by Gasteiger charge is -2.17. The zero-order valence-corrected chi connectivity index (χ0v) is 77.0. The second kappa shape index (κ2) is 35.3. The number of benzene rings is 20. The maximum absolute atomic E-state index is 5.35. The van der Waals surface area contributed by atoms with Gasteiger partial charge in [-0.1, -0.05) is 328 Å². The van der Waals surface area contributed by atoms with Gasteiger partial charge in [0.2, 0.25) is 0 Å². The number of hydrogen-bond donors (Lipinski definition) is 0. The zero-order valence-electron chi connectivity index (χ0n) is 77.0. The summed E-state index contributed by atoms with van der Waals surface area (Å²) < 4.78 is 0. The van der Waals surface area contributed by atoms with Crippen molar-refractivity contribution >= 4 is 108 Å². The van der Waals surface area contributed by atoms with Crippen LogP contribution >= 0.6 is 0 Å². The van der Waals surface area contributed by atoms with E-state index in [-0.39, 0.29) is 0 Å². The summed E-state index contributed by atoms with van der Waals surface area (Å²) in [6, 6.07) is 143. The van der Waals surface area contributed by atoms with Crippen LogP contribution in [0.15, 0.2) is 462 Å². The third-order valence-corrected chi connectivity index (χ3v) is 27.5. The lowest BCUT2D eigenvalue weighted by molar-refractivity contribution is 1.08. The van der Waals surface area contributed by atoms with Gasteiger partial charge in [0, 0.05) is 127 Å². The summed E-state index contributed by atoms with van der Waals surface area (Å²) in [6.45, 7) is 0. The molecule has 0 atom stereocenters. The van der Waals surface area contributed by atoms with Crippen LogP contribution in [-0.2, 0) is 0 Å². The molecule has 0 bridgehead atoms. The summed E-state index contributed by atoms with van der Waals surface area (Å²) in [5.74, 6) is 7.11. The number of hydrogen-bond acceptors (Lipinski definition) is 16. The quantitative estimate of drug-likeness (QED) is 0.0825. The van der Waals surface area contributed by atoms with Gasteiger partial charge in [-0.15, -0.1) is 0 Å². The minimum atomic E-state index is 0.569. The van der Waals surface area contributed by atoms with Crippen molar-refractivity contribution in [3.8, 4) is 181 Å².